The van der Waals surface area contributed by atoms with Gasteiger partial charge in [-0.1, -0.05) is 13.8 Å². The molecule has 1 aliphatic carbocycles. The smallest absolute Gasteiger partial charge is 0.133 e. The lowest BCUT2D eigenvalue weighted by Gasteiger charge is -2.25. The molecule has 0 heterocycles. The number of Topliss-reactive ketones (excluding diaryl/α,β-unsaturated/α-hetero) is 1. The van der Waals surface area contributed by atoms with Crippen LogP contribution in [0.5, 0.6) is 0 Å². The number of halogens is 2. The van der Waals surface area contributed by atoms with Gasteiger partial charge in [-0.25, -0.2) is 4.39 Å². The first-order valence-electron chi connectivity index (χ1n) is 6.54. The van der Waals surface area contributed by atoms with Crippen LogP contribution in [0.25, 0.3) is 0 Å². The Bertz CT molecular complexity index is 275. The van der Waals surface area contributed by atoms with Gasteiger partial charge in [0.2, 0.25) is 0 Å². The largest absolute Gasteiger partial charge is 0.300 e. The van der Waals surface area contributed by atoms with Crippen LogP contribution in [0, 0.1) is 17.3 Å². The Labute approximate surface area is 109 Å². The Balaban J connectivity index is 2.29. The van der Waals surface area contributed by atoms with Crippen molar-refractivity contribution in [3.8, 4) is 0 Å². The maximum absolute atomic E-state index is 13.3. The first kappa shape index (κ1) is 14.9. The first-order valence-corrected chi connectivity index (χ1v) is 6.98. The van der Waals surface area contributed by atoms with Gasteiger partial charge in [-0.3, -0.25) is 4.79 Å². The molecular weight excluding hydrogens is 239 g/mol. The highest BCUT2D eigenvalue weighted by Crippen LogP contribution is 2.53. The van der Waals surface area contributed by atoms with Crippen molar-refractivity contribution < 1.29 is 9.18 Å². The van der Waals surface area contributed by atoms with Gasteiger partial charge in [0, 0.05) is 5.92 Å². The number of carbonyl (C=O) groups excluding carboxylic acids is 1. The maximum atomic E-state index is 13.3. The predicted octanol–water partition coefficient (Wildman–Crippen LogP) is 4.37. The number of ketones is 1. The van der Waals surface area contributed by atoms with Gasteiger partial charge in [0.1, 0.15) is 12.0 Å². The van der Waals surface area contributed by atoms with E-state index in [9.17, 15) is 9.18 Å². The van der Waals surface area contributed by atoms with Crippen molar-refractivity contribution in [3.63, 3.8) is 0 Å². The summed E-state index contributed by atoms with van der Waals surface area (Å²) >= 11 is 5.70. The second kappa shape index (κ2) is 5.69. The Hall–Kier alpha value is -0.110. The average Bonchev–Trinajstić information content (AvgIpc) is 2.96. The molecular formula is C14H24ClFO. The lowest BCUT2D eigenvalue weighted by molar-refractivity contribution is -0.118. The standard InChI is InChI=1S/C14H24ClFO/c1-9(15)13(16)6-5-7-14(3,4)12-8-11(12)10(2)17/h9,11-13H,5-8H2,1-4H3. The van der Waals surface area contributed by atoms with E-state index in [2.05, 4.69) is 13.8 Å². The van der Waals surface area contributed by atoms with Crippen LogP contribution in [-0.4, -0.2) is 17.3 Å². The summed E-state index contributed by atoms with van der Waals surface area (Å²) in [5, 5.41) is -0.399. The molecule has 0 saturated heterocycles. The molecule has 17 heavy (non-hydrogen) atoms. The van der Waals surface area contributed by atoms with Crippen LogP contribution in [0.3, 0.4) is 0 Å². The quantitative estimate of drug-likeness (QED) is 0.623. The molecule has 0 amide bonds. The van der Waals surface area contributed by atoms with Gasteiger partial charge < -0.3 is 0 Å². The van der Waals surface area contributed by atoms with Gasteiger partial charge in [0.25, 0.3) is 0 Å². The molecule has 3 heteroatoms. The fourth-order valence-corrected chi connectivity index (χ4v) is 2.80. The molecule has 1 aliphatic rings. The molecule has 0 radical (unpaired) electrons. The first-order chi connectivity index (χ1) is 7.75. The number of hydrogen-bond acceptors (Lipinski definition) is 1. The molecule has 0 aromatic carbocycles. The van der Waals surface area contributed by atoms with Crippen molar-refractivity contribution in [2.24, 2.45) is 17.3 Å². The molecule has 100 valence electrons. The summed E-state index contributed by atoms with van der Waals surface area (Å²) in [5.41, 5.74) is 0.158. The second-order valence-electron chi connectivity index (χ2n) is 6.13. The summed E-state index contributed by atoms with van der Waals surface area (Å²) in [6, 6.07) is 0. The van der Waals surface area contributed by atoms with Gasteiger partial charge in [-0.2, -0.15) is 0 Å². The van der Waals surface area contributed by atoms with Crippen molar-refractivity contribution in [2.75, 3.05) is 0 Å². The molecule has 0 spiro atoms. The topological polar surface area (TPSA) is 17.1 Å². The minimum Gasteiger partial charge on any atom is -0.300 e. The summed E-state index contributed by atoms with van der Waals surface area (Å²) in [7, 11) is 0. The summed E-state index contributed by atoms with van der Waals surface area (Å²) in [5.74, 6) is 1.07. The molecule has 0 aromatic heterocycles. The summed E-state index contributed by atoms with van der Waals surface area (Å²) in [4.78, 5) is 11.3. The SMILES string of the molecule is CC(=O)C1CC1C(C)(C)CCCC(F)C(C)Cl. The summed E-state index contributed by atoms with van der Waals surface area (Å²) in [6.45, 7) is 7.76. The highest BCUT2D eigenvalue weighted by molar-refractivity contribution is 6.20. The molecule has 1 nitrogen and oxygen atoms in total. The second-order valence-corrected chi connectivity index (χ2v) is 6.82. The predicted molar refractivity (Wildman–Crippen MR) is 70.1 cm³/mol. The highest BCUT2D eigenvalue weighted by atomic mass is 35.5. The average molecular weight is 263 g/mol. The Kier molecular flexibility index (Phi) is 5.00. The lowest BCUT2D eigenvalue weighted by Crippen LogP contribution is -2.19. The van der Waals surface area contributed by atoms with Gasteiger partial charge in [0.15, 0.2) is 0 Å². The van der Waals surface area contributed by atoms with Gasteiger partial charge in [-0.15, -0.1) is 11.6 Å². The van der Waals surface area contributed by atoms with Crippen LogP contribution in [0.2, 0.25) is 0 Å². The molecule has 4 unspecified atom stereocenters. The van der Waals surface area contributed by atoms with Crippen LogP contribution in [0.4, 0.5) is 4.39 Å². The fraction of sp³-hybridized carbons (Fsp3) is 0.929. The number of hydrogen-bond donors (Lipinski definition) is 0. The zero-order valence-electron chi connectivity index (χ0n) is 11.3. The summed E-state index contributed by atoms with van der Waals surface area (Å²) < 4.78 is 13.3. The van der Waals surface area contributed by atoms with E-state index in [1.54, 1.807) is 13.8 Å². The van der Waals surface area contributed by atoms with E-state index in [1.807, 2.05) is 0 Å². The molecule has 0 aliphatic heterocycles. The van der Waals surface area contributed by atoms with E-state index in [0.29, 0.717) is 18.1 Å². The number of alkyl halides is 2. The molecule has 1 fully saturated rings. The third kappa shape index (κ3) is 4.24. The third-order valence-corrected chi connectivity index (χ3v) is 4.39. The molecule has 4 atom stereocenters. The molecule has 0 bridgehead atoms. The van der Waals surface area contributed by atoms with Crippen LogP contribution in [-0.2, 0) is 4.79 Å². The minimum atomic E-state index is -0.907. The van der Waals surface area contributed by atoms with E-state index in [-0.39, 0.29) is 11.3 Å². The third-order valence-electron chi connectivity index (χ3n) is 4.12. The van der Waals surface area contributed by atoms with E-state index in [1.165, 1.54) is 0 Å². The van der Waals surface area contributed by atoms with Crippen molar-refractivity contribution >= 4 is 17.4 Å². The highest BCUT2D eigenvalue weighted by Gasteiger charge is 2.49. The number of rotatable bonds is 7. The van der Waals surface area contributed by atoms with Crippen molar-refractivity contribution in [1.29, 1.82) is 0 Å². The Morgan fingerprint density at radius 2 is 2.12 bits per heavy atom. The van der Waals surface area contributed by atoms with E-state index in [4.69, 9.17) is 11.6 Å². The Morgan fingerprint density at radius 1 is 1.53 bits per heavy atom. The monoisotopic (exact) mass is 262 g/mol. The Morgan fingerprint density at radius 3 is 2.53 bits per heavy atom. The normalized spacial score (nSPS) is 27.6. The molecule has 1 rings (SSSR count). The minimum absolute atomic E-state index is 0.158. The van der Waals surface area contributed by atoms with Gasteiger partial charge >= 0.3 is 0 Å². The zero-order valence-corrected chi connectivity index (χ0v) is 12.1. The van der Waals surface area contributed by atoms with Crippen LogP contribution >= 0.6 is 11.6 Å². The van der Waals surface area contributed by atoms with Crippen LogP contribution < -0.4 is 0 Å². The van der Waals surface area contributed by atoms with Gasteiger partial charge in [-0.05, 0) is 50.9 Å². The lowest BCUT2D eigenvalue weighted by atomic mass is 9.80. The zero-order chi connectivity index (χ0) is 13.2. The van der Waals surface area contributed by atoms with Gasteiger partial charge in [0.05, 0.1) is 5.38 Å². The summed E-state index contributed by atoms with van der Waals surface area (Å²) in [6.07, 6.45) is 2.48. The van der Waals surface area contributed by atoms with Crippen LogP contribution in [0.1, 0.15) is 53.4 Å². The number of carbonyl (C=O) groups is 1. The van der Waals surface area contributed by atoms with E-state index in [0.717, 1.165) is 19.3 Å². The van der Waals surface area contributed by atoms with E-state index >= 15 is 0 Å². The van der Waals surface area contributed by atoms with E-state index < -0.39 is 11.5 Å². The fourth-order valence-electron chi connectivity index (χ4n) is 2.68. The van der Waals surface area contributed by atoms with Crippen molar-refractivity contribution in [3.05, 3.63) is 0 Å². The molecule has 1 saturated carbocycles. The van der Waals surface area contributed by atoms with Crippen molar-refractivity contribution in [2.45, 2.75) is 64.9 Å². The molecule has 0 aromatic rings. The molecule has 0 N–H and O–H groups in total. The maximum Gasteiger partial charge on any atom is 0.133 e. The van der Waals surface area contributed by atoms with Crippen molar-refractivity contribution in [1.82, 2.24) is 0 Å². The van der Waals surface area contributed by atoms with Crippen LogP contribution in [0.15, 0.2) is 0 Å².